The maximum Gasteiger partial charge on any atom is 0.305 e. The Morgan fingerprint density at radius 1 is 0.731 bits per heavy atom. The van der Waals surface area contributed by atoms with Crippen LogP contribution in [0.5, 0.6) is 0 Å². The second kappa shape index (κ2) is 17.6. The highest BCUT2D eigenvalue weighted by molar-refractivity contribution is 5.69. The lowest BCUT2D eigenvalue weighted by molar-refractivity contribution is -0.870. The van der Waals surface area contributed by atoms with Crippen molar-refractivity contribution >= 4 is 11.9 Å². The van der Waals surface area contributed by atoms with Gasteiger partial charge < -0.3 is 26.7 Å². The average Bonchev–Trinajstić information content (AvgIpc) is 2.50. The van der Waals surface area contributed by atoms with Crippen LogP contribution in [-0.4, -0.2) is 55.8 Å². The van der Waals surface area contributed by atoms with Gasteiger partial charge in [-0.05, 0) is 12.8 Å². The summed E-state index contributed by atoms with van der Waals surface area (Å²) in [6.07, 6.45) is 13.4. The van der Waals surface area contributed by atoms with Crippen LogP contribution >= 0.6 is 0 Å². The minimum atomic E-state index is -0.683. The first-order valence-electron chi connectivity index (χ1n) is 9.99. The van der Waals surface area contributed by atoms with Gasteiger partial charge >= 0.3 is 11.9 Å². The minimum Gasteiger partial charge on any atom is -1.00 e. The molecule has 0 bridgehead atoms. The molecule has 0 spiro atoms. The van der Waals surface area contributed by atoms with Gasteiger partial charge in [0.25, 0.3) is 0 Å². The number of carboxylic acids is 1. The number of carboxylic acid groups (broad SMARTS) is 1. The number of esters is 1. The molecule has 0 unspecified atom stereocenters. The van der Waals surface area contributed by atoms with E-state index in [2.05, 4.69) is 21.1 Å². The van der Waals surface area contributed by atoms with E-state index in [9.17, 15) is 9.59 Å². The number of unbranched alkanes of at least 4 members (excludes halogenated alkanes) is 10. The molecule has 0 aromatic rings. The van der Waals surface area contributed by atoms with Gasteiger partial charge in [0, 0.05) is 12.8 Å². The summed E-state index contributed by atoms with van der Waals surface area (Å²) in [7, 11) is 6.27. The molecule has 0 aliphatic rings. The predicted molar refractivity (Wildman–Crippen MR) is 102 cm³/mol. The molecule has 0 aromatic carbocycles. The van der Waals surface area contributed by atoms with Crippen molar-refractivity contribution in [2.75, 3.05) is 34.3 Å². The second-order valence-corrected chi connectivity index (χ2v) is 8.02. The second-order valence-electron chi connectivity index (χ2n) is 8.02. The number of likely N-dealkylation sites (N-methyl/N-ethyl adjacent to an activating group) is 1. The molecule has 0 fully saturated rings. The number of aliphatic carboxylic acids is 1. The van der Waals surface area contributed by atoms with Crippen molar-refractivity contribution < 1.29 is 36.3 Å². The van der Waals surface area contributed by atoms with Crippen LogP contribution in [-0.2, 0) is 14.3 Å². The topological polar surface area (TPSA) is 63.6 Å². The first kappa shape index (κ1) is 27.4. The van der Waals surface area contributed by atoms with Crippen LogP contribution in [0.4, 0.5) is 0 Å². The summed E-state index contributed by atoms with van der Waals surface area (Å²) < 4.78 is 6.06. The first-order valence-corrected chi connectivity index (χ1v) is 9.99. The number of ether oxygens (including phenoxy) is 1. The maximum atomic E-state index is 11.6. The zero-order valence-corrected chi connectivity index (χ0v) is 17.9. The summed E-state index contributed by atoms with van der Waals surface area (Å²) in [6.45, 7) is 1.37. The van der Waals surface area contributed by atoms with Crippen molar-refractivity contribution in [1.82, 2.24) is 0 Å². The number of quaternary nitrogens is 1. The van der Waals surface area contributed by atoms with Crippen LogP contribution in [0.2, 0.25) is 0 Å². The van der Waals surface area contributed by atoms with Crippen molar-refractivity contribution in [1.29, 1.82) is 0 Å². The molecule has 0 aromatic heterocycles. The van der Waals surface area contributed by atoms with E-state index < -0.39 is 5.97 Å². The van der Waals surface area contributed by atoms with E-state index in [-0.39, 0.29) is 18.4 Å². The Bertz CT molecular complexity index is 356. The van der Waals surface area contributed by atoms with Gasteiger partial charge in [-0.3, -0.25) is 9.59 Å². The van der Waals surface area contributed by atoms with Gasteiger partial charge in [0.15, 0.2) is 0 Å². The molecule has 0 atom stereocenters. The third-order valence-electron chi connectivity index (χ3n) is 4.30. The fraction of sp³-hybridized carbons (Fsp3) is 0.900. The molecule has 0 radical (unpaired) electrons. The van der Waals surface area contributed by atoms with Gasteiger partial charge in [-0.15, -0.1) is 0 Å². The number of hydrogen-bond acceptors (Lipinski definition) is 3. The van der Waals surface area contributed by atoms with E-state index in [4.69, 9.17) is 9.84 Å². The molecule has 0 rings (SSSR count). The van der Waals surface area contributed by atoms with Gasteiger partial charge in [-0.25, -0.2) is 0 Å². The standard InChI is InChI=1S/C20H39NO4.ClH/c1-21(2,3)17-18-25-20(24)16-14-12-10-8-6-4-5-7-9-11-13-15-19(22)23;/h4-18H2,1-3H3;1H. The number of rotatable bonds is 17. The first-order chi connectivity index (χ1) is 11.8. The van der Waals surface area contributed by atoms with Crippen LogP contribution in [0.1, 0.15) is 83.5 Å². The Hall–Kier alpha value is -0.810. The number of halogens is 1. The monoisotopic (exact) mass is 393 g/mol. The summed E-state index contributed by atoms with van der Waals surface area (Å²) in [6, 6.07) is 0. The average molecular weight is 394 g/mol. The highest BCUT2D eigenvalue weighted by atomic mass is 35.5. The molecule has 156 valence electrons. The van der Waals surface area contributed by atoms with Crippen LogP contribution in [0.15, 0.2) is 0 Å². The molecular weight excluding hydrogens is 354 g/mol. The predicted octanol–water partition coefficient (Wildman–Crippen LogP) is 1.40. The third kappa shape index (κ3) is 23.2. The highest BCUT2D eigenvalue weighted by Crippen LogP contribution is 2.12. The number of hydrogen-bond donors (Lipinski definition) is 1. The molecule has 5 nitrogen and oxygen atoms in total. The van der Waals surface area contributed by atoms with E-state index in [0.29, 0.717) is 19.4 Å². The van der Waals surface area contributed by atoms with Gasteiger partial charge in [-0.1, -0.05) is 57.8 Å². The van der Waals surface area contributed by atoms with Gasteiger partial charge in [0.2, 0.25) is 0 Å². The lowest BCUT2D eigenvalue weighted by Crippen LogP contribution is -3.00. The van der Waals surface area contributed by atoms with Crippen LogP contribution in [0.25, 0.3) is 0 Å². The third-order valence-corrected chi connectivity index (χ3v) is 4.30. The highest BCUT2D eigenvalue weighted by Gasteiger charge is 2.09. The fourth-order valence-corrected chi connectivity index (χ4v) is 2.64. The van der Waals surface area contributed by atoms with E-state index >= 15 is 0 Å². The lowest BCUT2D eigenvalue weighted by atomic mass is 10.0. The summed E-state index contributed by atoms with van der Waals surface area (Å²) in [5, 5.41) is 8.55. The van der Waals surface area contributed by atoms with Gasteiger partial charge in [0.05, 0.1) is 21.1 Å². The SMILES string of the molecule is C[N+](C)(C)CCOC(=O)CCCCCCCCCCCCCC(=O)O.[Cl-]. The van der Waals surface area contributed by atoms with Crippen molar-refractivity contribution in [2.45, 2.75) is 83.5 Å². The normalized spacial score (nSPS) is 11.0. The summed E-state index contributed by atoms with van der Waals surface area (Å²) >= 11 is 0. The van der Waals surface area contributed by atoms with Crippen molar-refractivity contribution in [3.05, 3.63) is 0 Å². The van der Waals surface area contributed by atoms with Gasteiger partial charge in [-0.2, -0.15) is 0 Å². The van der Waals surface area contributed by atoms with E-state index in [0.717, 1.165) is 43.1 Å². The number of nitrogens with zero attached hydrogens (tertiary/aromatic N) is 1. The molecule has 0 aliphatic carbocycles. The Kier molecular flexibility index (Phi) is 18.6. The molecular formula is C20H40ClNO4. The summed E-state index contributed by atoms with van der Waals surface area (Å²) in [5.74, 6) is -0.742. The molecule has 26 heavy (non-hydrogen) atoms. The largest absolute Gasteiger partial charge is 1.00 e. The Morgan fingerprint density at radius 2 is 1.12 bits per heavy atom. The van der Waals surface area contributed by atoms with Crippen molar-refractivity contribution in [3.8, 4) is 0 Å². The zero-order chi connectivity index (χ0) is 19.0. The quantitative estimate of drug-likeness (QED) is 0.230. The van der Waals surface area contributed by atoms with E-state index in [1.807, 2.05) is 0 Å². The van der Waals surface area contributed by atoms with Crippen molar-refractivity contribution in [3.63, 3.8) is 0 Å². The summed E-state index contributed by atoms with van der Waals surface area (Å²) in [5.41, 5.74) is 0. The van der Waals surface area contributed by atoms with Crippen molar-refractivity contribution in [2.24, 2.45) is 0 Å². The van der Waals surface area contributed by atoms with Gasteiger partial charge in [0.1, 0.15) is 13.2 Å². The zero-order valence-electron chi connectivity index (χ0n) is 17.1. The lowest BCUT2D eigenvalue weighted by Gasteiger charge is -2.23. The maximum absolute atomic E-state index is 11.6. The Balaban J connectivity index is 0. The fourth-order valence-electron chi connectivity index (χ4n) is 2.64. The Morgan fingerprint density at radius 3 is 1.50 bits per heavy atom. The molecule has 0 saturated heterocycles. The molecule has 0 aliphatic heterocycles. The molecule has 0 heterocycles. The minimum absolute atomic E-state index is 0. The number of carbonyl (C=O) groups excluding carboxylic acids is 1. The molecule has 1 N–H and O–H groups in total. The van der Waals surface area contributed by atoms with Crippen LogP contribution < -0.4 is 12.4 Å². The molecule has 0 saturated carbocycles. The van der Waals surface area contributed by atoms with Crippen LogP contribution in [0, 0.1) is 0 Å². The molecule has 6 heteroatoms. The Labute approximate surface area is 166 Å². The van der Waals surface area contributed by atoms with E-state index in [1.165, 1.54) is 38.5 Å². The number of carbonyl (C=O) groups is 2. The smallest absolute Gasteiger partial charge is 0.305 e. The summed E-state index contributed by atoms with van der Waals surface area (Å²) in [4.78, 5) is 22.0. The van der Waals surface area contributed by atoms with E-state index in [1.54, 1.807) is 0 Å². The van der Waals surface area contributed by atoms with Crippen LogP contribution in [0.3, 0.4) is 0 Å². The molecule has 0 amide bonds.